The van der Waals surface area contributed by atoms with Gasteiger partial charge < -0.3 is 119 Å². The molecule has 32 heteroatoms. The molecule has 3 fully saturated rings. The van der Waals surface area contributed by atoms with E-state index >= 15 is 14.4 Å². The molecular formula is C61H86N10O20S2. The van der Waals surface area contributed by atoms with E-state index in [1.165, 1.54) is 13.8 Å². The maximum absolute atomic E-state index is 15.2. The lowest BCUT2D eigenvalue weighted by Crippen LogP contribution is -2.62. The van der Waals surface area contributed by atoms with Crippen molar-refractivity contribution in [1.82, 2.24) is 47.5 Å². The predicted octanol–water partition coefficient (Wildman–Crippen LogP) is -5.55. The van der Waals surface area contributed by atoms with Crippen LogP contribution in [0.2, 0.25) is 0 Å². The number of fused-ring (bicyclic) bond motifs is 1. The van der Waals surface area contributed by atoms with Gasteiger partial charge in [-0.3, -0.25) is 33.6 Å². The summed E-state index contributed by atoms with van der Waals surface area (Å²) in [5.74, 6) is -9.91. The Morgan fingerprint density at radius 1 is 0.720 bits per heavy atom. The number of rotatable bonds is 24. The van der Waals surface area contributed by atoms with Gasteiger partial charge in [-0.05, 0) is 68.8 Å². The van der Waals surface area contributed by atoms with Crippen LogP contribution < -0.4 is 48.3 Å². The minimum Gasteiger partial charge on any atom is -0.394 e. The van der Waals surface area contributed by atoms with Gasteiger partial charge in [0.15, 0.2) is 6.29 Å². The van der Waals surface area contributed by atoms with Crippen molar-refractivity contribution < 1.29 is 98.8 Å². The zero-order valence-electron chi connectivity index (χ0n) is 51.2. The van der Waals surface area contributed by atoms with Crippen LogP contribution in [-0.2, 0) is 67.0 Å². The number of carbonyl (C=O) groups is 7. The van der Waals surface area contributed by atoms with E-state index in [9.17, 15) is 70.2 Å². The smallest absolute Gasteiger partial charge is 0.245 e. The van der Waals surface area contributed by atoms with Gasteiger partial charge in [-0.15, -0.1) is 0 Å². The Kier molecular flexibility index (Phi) is 28.1. The van der Waals surface area contributed by atoms with E-state index in [-0.39, 0.29) is 50.2 Å². The number of unbranched alkanes of at least 4 members (excludes halogenated alkanes) is 1. The fourth-order valence-electron chi connectivity index (χ4n) is 10.8. The van der Waals surface area contributed by atoms with Crippen molar-refractivity contribution in [3.05, 3.63) is 108 Å². The molecule has 19 atom stereocenters. The van der Waals surface area contributed by atoms with E-state index in [0.717, 1.165) is 21.6 Å². The second kappa shape index (κ2) is 35.4. The van der Waals surface area contributed by atoms with Gasteiger partial charge in [-0.25, -0.2) is 0 Å². The normalized spacial score (nSPS) is 30.1. The third-order valence-corrected chi connectivity index (χ3v) is 18.7. The molecule has 7 rings (SSSR count). The Balaban J connectivity index is 1.25. The number of aromatic amines is 1. The van der Waals surface area contributed by atoms with Crippen molar-refractivity contribution in [3.8, 4) is 0 Å². The molecule has 3 aliphatic rings. The highest BCUT2D eigenvalue weighted by molar-refractivity contribution is 8.76. The molecule has 21 N–H and O–H groups in total. The summed E-state index contributed by atoms with van der Waals surface area (Å²) in [4.78, 5) is 106. The molecule has 0 spiro atoms. The Morgan fingerprint density at radius 2 is 1.33 bits per heavy atom. The van der Waals surface area contributed by atoms with Gasteiger partial charge in [0.25, 0.3) is 0 Å². The third-order valence-electron chi connectivity index (χ3n) is 16.2. The molecule has 0 bridgehead atoms. The number of aliphatic hydroxyl groups excluding tert-OH is 9. The number of amides is 7. The van der Waals surface area contributed by atoms with Crippen LogP contribution in [0.25, 0.3) is 10.9 Å². The minimum absolute atomic E-state index is 0.0380. The molecule has 4 heterocycles. The summed E-state index contributed by atoms with van der Waals surface area (Å²) in [6.07, 6.45) is -15.3. The molecule has 0 saturated carbocycles. The Bertz CT molecular complexity index is 3090. The van der Waals surface area contributed by atoms with Crippen LogP contribution in [0.15, 0.2) is 91.1 Å². The van der Waals surface area contributed by atoms with Gasteiger partial charge in [-0.1, -0.05) is 100 Å². The van der Waals surface area contributed by atoms with Gasteiger partial charge in [0.1, 0.15) is 79.0 Å². The summed E-state index contributed by atoms with van der Waals surface area (Å²) in [7, 11) is 1.82. The molecule has 3 aromatic carbocycles. The number of nitrogens with one attached hydrogen (secondary N) is 9. The fraction of sp³-hybridized carbons (Fsp3) is 0.557. The Labute approximate surface area is 543 Å². The standard InChI is InChI=1S/C61H86N10O20S2/c1-31(75)42(25-72)68-58(86)44-29-93-92-28-43(69-54(82)39(21-33-13-5-3-6-14-33)64-30-61(88)52(80)51(46(27-74)91-61)90-60-50(79)49(78)48(77)45(26-73)89-60)57(85)66-40(22-34-15-7-4-8-16-34)55(83)67-41(23-35-24-63-37-18-10-9-17-36(35)37)56(84)65-38(19-11-12-20-62)53(81)71-47(32(2)76)59(87)70-44/h3-10,13-18,24,31-32,38-52,60,63-64,72-80,88H,11-12,19-23,25-30,62H2,1-2H3,(H,65,84)(H,66,85)(H,67,83)(H,68,86)(H,69,82)(H,70,87)(H,71,81)/t31?,32?,38-,39-,40-,41+,42?,43-,44+,45-,46-,47-,48-,49+,50-,51-,52+,60+,61-/m1/s1. The molecule has 3 unspecified atom stereocenters. The van der Waals surface area contributed by atoms with Crippen LogP contribution >= 0.6 is 21.6 Å². The number of hydrogen-bond acceptors (Lipinski definition) is 24. The van der Waals surface area contributed by atoms with E-state index in [4.69, 9.17) is 19.9 Å². The first-order chi connectivity index (χ1) is 44.5. The van der Waals surface area contributed by atoms with E-state index in [2.05, 4.69) is 47.5 Å². The molecule has 0 aliphatic carbocycles. The molecular weight excluding hydrogens is 1260 g/mol. The highest BCUT2D eigenvalue weighted by Gasteiger charge is 2.57. The Hall–Kier alpha value is -6.41. The SMILES string of the molecule is CC(O)C(CO)NC(=O)[C@@H]1CSSC[C@@H](NC(=O)[C@@H](Cc2ccccc2)NC[C@@]2(O)O[C@H](CO)[C@@H](O[C@@H]3O[C@H](CO)[C@@H](O)[C@H](O)[C@H]3O)[C@@H]2O)C(=O)N[C@H](Cc2ccccc2)C(=O)N[C@@H](Cc2c[nH]c3ccccc23)C(=O)N[C@H](CCCCN)C(=O)N[C@H](C(C)O)C(=O)N1. The predicted molar refractivity (Wildman–Crippen MR) is 337 cm³/mol. The number of carbonyl (C=O) groups excluding carboxylic acids is 7. The van der Waals surface area contributed by atoms with Crippen LogP contribution in [0.1, 0.15) is 49.8 Å². The van der Waals surface area contributed by atoms with Crippen LogP contribution in [0, 0.1) is 0 Å². The van der Waals surface area contributed by atoms with Gasteiger partial charge >= 0.3 is 0 Å². The van der Waals surface area contributed by atoms with Crippen LogP contribution in [0.3, 0.4) is 0 Å². The second-order valence-electron chi connectivity index (χ2n) is 23.2. The van der Waals surface area contributed by atoms with Crippen LogP contribution in [0.5, 0.6) is 0 Å². The number of nitrogens with two attached hydrogens (primary N) is 1. The van der Waals surface area contributed by atoms with Crippen molar-refractivity contribution in [3.63, 3.8) is 0 Å². The van der Waals surface area contributed by atoms with Crippen molar-refractivity contribution in [2.24, 2.45) is 5.73 Å². The zero-order chi connectivity index (χ0) is 67.5. The van der Waals surface area contributed by atoms with E-state index in [0.29, 0.717) is 34.0 Å². The van der Waals surface area contributed by atoms with Gasteiger partial charge in [-0.2, -0.15) is 0 Å². The average Bonchev–Trinajstić information content (AvgIpc) is 1.66. The van der Waals surface area contributed by atoms with Gasteiger partial charge in [0.2, 0.25) is 47.1 Å². The highest BCUT2D eigenvalue weighted by Crippen LogP contribution is 2.34. The zero-order valence-corrected chi connectivity index (χ0v) is 52.8. The average molecular weight is 1340 g/mol. The molecule has 3 aliphatic heterocycles. The number of H-pyrrole nitrogens is 1. The van der Waals surface area contributed by atoms with Crippen LogP contribution in [0.4, 0.5) is 0 Å². The number of para-hydroxylation sites is 1. The first-order valence-electron chi connectivity index (χ1n) is 30.5. The van der Waals surface area contributed by atoms with E-state index in [1.54, 1.807) is 91.1 Å². The second-order valence-corrected chi connectivity index (χ2v) is 25.8. The van der Waals surface area contributed by atoms with Crippen LogP contribution in [-0.4, -0.2) is 257 Å². The highest BCUT2D eigenvalue weighted by atomic mass is 33.1. The molecule has 512 valence electrons. The molecule has 3 saturated heterocycles. The number of hydrogen-bond donors (Lipinski definition) is 20. The largest absolute Gasteiger partial charge is 0.394 e. The number of ether oxygens (including phenoxy) is 3. The molecule has 1 aromatic heterocycles. The summed E-state index contributed by atoms with van der Waals surface area (Å²) in [6.45, 7) is -0.521. The number of aromatic nitrogens is 1. The quantitative estimate of drug-likeness (QED) is 0.0230. The molecule has 7 amide bonds. The van der Waals surface area contributed by atoms with E-state index in [1.807, 2.05) is 0 Å². The summed E-state index contributed by atoms with van der Waals surface area (Å²) in [5.41, 5.74) is 8.20. The van der Waals surface area contributed by atoms with Crippen molar-refractivity contribution >= 4 is 73.8 Å². The monoisotopic (exact) mass is 1340 g/mol. The third kappa shape index (κ3) is 20.1. The van der Waals surface area contributed by atoms with Crippen molar-refractivity contribution in [1.29, 1.82) is 0 Å². The first kappa shape index (κ1) is 74.0. The first-order valence-corrected chi connectivity index (χ1v) is 33.0. The Morgan fingerprint density at radius 3 is 1.98 bits per heavy atom. The number of aliphatic hydroxyl groups is 10. The van der Waals surface area contributed by atoms with Crippen molar-refractivity contribution in [2.45, 2.75) is 168 Å². The lowest BCUT2D eigenvalue weighted by Gasteiger charge is -2.41. The maximum atomic E-state index is 15.2. The van der Waals surface area contributed by atoms with E-state index < -0.39 is 183 Å². The molecule has 0 radical (unpaired) electrons. The fourth-order valence-corrected chi connectivity index (χ4v) is 13.1. The van der Waals surface area contributed by atoms with Gasteiger partial charge in [0.05, 0.1) is 50.7 Å². The molecule has 4 aromatic rings. The lowest BCUT2D eigenvalue weighted by molar-refractivity contribution is -0.318. The lowest BCUT2D eigenvalue weighted by atomic mass is 9.98. The summed E-state index contributed by atoms with van der Waals surface area (Å²) < 4.78 is 16.9. The summed E-state index contributed by atoms with van der Waals surface area (Å²) in [5, 5.41) is 129. The summed E-state index contributed by atoms with van der Waals surface area (Å²) in [6, 6.07) is 12.2. The van der Waals surface area contributed by atoms with Gasteiger partial charge in [0, 0.05) is 41.4 Å². The van der Waals surface area contributed by atoms with Crippen molar-refractivity contribution in [2.75, 3.05) is 44.4 Å². The summed E-state index contributed by atoms with van der Waals surface area (Å²) >= 11 is 0. The maximum Gasteiger partial charge on any atom is 0.245 e. The molecule has 93 heavy (non-hydrogen) atoms. The topological polar surface area (TPSA) is 488 Å². The molecule has 30 nitrogen and oxygen atoms in total. The minimum atomic E-state index is -2.69. The number of benzene rings is 3.